The molecule has 0 radical (unpaired) electrons. The predicted molar refractivity (Wildman–Crippen MR) is 70.5 cm³/mol. The molecule has 94 valence electrons. The number of phenolic OH excluding ortho intramolecular Hbond substituents is 1. The van der Waals surface area contributed by atoms with Gasteiger partial charge < -0.3 is 10.2 Å². The Morgan fingerprint density at radius 2 is 2.00 bits per heavy atom. The number of rotatable bonds is 4. The zero-order chi connectivity index (χ0) is 13.2. The van der Waals surface area contributed by atoms with Crippen LogP contribution >= 0.6 is 15.9 Å². The molecule has 1 rings (SSSR count). The fourth-order valence-corrected chi connectivity index (χ4v) is 2.42. The van der Waals surface area contributed by atoms with E-state index in [-0.39, 0.29) is 12.2 Å². The van der Waals surface area contributed by atoms with E-state index in [0.717, 1.165) is 10.0 Å². The highest BCUT2D eigenvalue weighted by atomic mass is 79.9. The van der Waals surface area contributed by atoms with Gasteiger partial charge in [-0.25, -0.2) is 0 Å². The number of aryl methyl sites for hydroxylation is 1. The second kappa shape index (κ2) is 5.08. The van der Waals surface area contributed by atoms with Gasteiger partial charge in [-0.2, -0.15) is 0 Å². The first-order valence-corrected chi connectivity index (χ1v) is 6.31. The van der Waals surface area contributed by atoms with Gasteiger partial charge in [0.2, 0.25) is 0 Å². The SMILES string of the molecule is CCc1cc(Br)cc(C(C)(C)CC(=O)O)c1O. The summed E-state index contributed by atoms with van der Waals surface area (Å²) in [5.41, 5.74) is 0.905. The molecule has 0 bridgehead atoms. The summed E-state index contributed by atoms with van der Waals surface area (Å²) in [5.74, 6) is -0.658. The van der Waals surface area contributed by atoms with E-state index in [9.17, 15) is 9.90 Å². The molecule has 4 heteroatoms. The third-order valence-corrected chi connectivity index (χ3v) is 3.31. The van der Waals surface area contributed by atoms with Crippen molar-refractivity contribution in [3.05, 3.63) is 27.7 Å². The van der Waals surface area contributed by atoms with Crippen LogP contribution in [0.2, 0.25) is 0 Å². The van der Waals surface area contributed by atoms with Crippen LogP contribution in [-0.2, 0) is 16.6 Å². The zero-order valence-corrected chi connectivity index (χ0v) is 11.8. The van der Waals surface area contributed by atoms with E-state index in [4.69, 9.17) is 5.11 Å². The normalized spacial score (nSPS) is 11.5. The van der Waals surface area contributed by atoms with Gasteiger partial charge in [0.1, 0.15) is 5.75 Å². The number of halogens is 1. The molecule has 0 aliphatic rings. The molecular formula is C13H17BrO3. The standard InChI is InChI=1S/C13H17BrO3/c1-4-8-5-9(14)6-10(12(8)17)13(2,3)7-11(15)16/h5-6,17H,4,7H2,1-3H3,(H,15,16). The molecule has 1 aromatic rings. The lowest BCUT2D eigenvalue weighted by Gasteiger charge is -2.25. The molecule has 0 atom stereocenters. The molecular weight excluding hydrogens is 284 g/mol. The van der Waals surface area contributed by atoms with E-state index in [1.165, 1.54) is 0 Å². The van der Waals surface area contributed by atoms with Crippen LogP contribution in [0.15, 0.2) is 16.6 Å². The quantitative estimate of drug-likeness (QED) is 0.895. The lowest BCUT2D eigenvalue weighted by molar-refractivity contribution is -0.138. The lowest BCUT2D eigenvalue weighted by atomic mass is 9.80. The molecule has 0 saturated heterocycles. The molecule has 0 aliphatic carbocycles. The van der Waals surface area contributed by atoms with Gasteiger partial charge >= 0.3 is 5.97 Å². The number of hydrogen-bond donors (Lipinski definition) is 2. The van der Waals surface area contributed by atoms with Crippen LogP contribution in [0, 0.1) is 0 Å². The number of carbonyl (C=O) groups is 1. The Labute approximate surface area is 110 Å². The fraction of sp³-hybridized carbons (Fsp3) is 0.462. The summed E-state index contributed by atoms with van der Waals surface area (Å²) in [6.07, 6.45) is 0.696. The largest absolute Gasteiger partial charge is 0.507 e. The molecule has 0 spiro atoms. The van der Waals surface area contributed by atoms with Crippen molar-refractivity contribution < 1.29 is 15.0 Å². The van der Waals surface area contributed by atoms with Crippen molar-refractivity contribution in [2.75, 3.05) is 0 Å². The number of carboxylic acid groups (broad SMARTS) is 1. The molecule has 1 aromatic carbocycles. The van der Waals surface area contributed by atoms with Crippen LogP contribution in [0.25, 0.3) is 0 Å². The monoisotopic (exact) mass is 300 g/mol. The van der Waals surface area contributed by atoms with Crippen molar-refractivity contribution in [2.24, 2.45) is 0 Å². The van der Waals surface area contributed by atoms with E-state index < -0.39 is 11.4 Å². The Kier molecular flexibility index (Phi) is 4.20. The predicted octanol–water partition coefficient (Wildman–Crippen LogP) is 3.47. The van der Waals surface area contributed by atoms with Gasteiger partial charge in [-0.3, -0.25) is 4.79 Å². The Hall–Kier alpha value is -1.03. The fourth-order valence-electron chi connectivity index (χ4n) is 1.91. The van der Waals surface area contributed by atoms with Crippen molar-refractivity contribution in [1.29, 1.82) is 0 Å². The van der Waals surface area contributed by atoms with Crippen LogP contribution in [0.5, 0.6) is 5.75 Å². The van der Waals surface area contributed by atoms with Gasteiger partial charge in [-0.05, 0) is 24.1 Å². The summed E-state index contributed by atoms with van der Waals surface area (Å²) in [7, 11) is 0. The first-order chi connectivity index (χ1) is 7.77. The maximum absolute atomic E-state index is 10.8. The summed E-state index contributed by atoms with van der Waals surface area (Å²) >= 11 is 3.39. The molecule has 3 nitrogen and oxygen atoms in total. The van der Waals surface area contributed by atoms with Crippen molar-refractivity contribution in [2.45, 2.75) is 39.0 Å². The minimum absolute atomic E-state index is 0.0137. The van der Waals surface area contributed by atoms with E-state index in [1.807, 2.05) is 26.8 Å². The van der Waals surface area contributed by atoms with Crippen LogP contribution in [-0.4, -0.2) is 16.2 Å². The summed E-state index contributed by atoms with van der Waals surface area (Å²) < 4.78 is 0.862. The molecule has 0 amide bonds. The molecule has 0 aromatic heterocycles. The Balaban J connectivity index is 3.29. The van der Waals surface area contributed by atoms with E-state index in [1.54, 1.807) is 6.07 Å². The molecule has 0 unspecified atom stereocenters. The average Bonchev–Trinajstić information content (AvgIpc) is 2.18. The number of phenols is 1. The summed E-state index contributed by atoms with van der Waals surface area (Å²) in [4.78, 5) is 10.8. The van der Waals surface area contributed by atoms with Crippen molar-refractivity contribution in [3.8, 4) is 5.75 Å². The van der Waals surface area contributed by atoms with Crippen LogP contribution in [0.4, 0.5) is 0 Å². The molecule has 0 heterocycles. The highest BCUT2D eigenvalue weighted by Gasteiger charge is 2.28. The summed E-state index contributed by atoms with van der Waals surface area (Å²) in [6, 6.07) is 3.65. The number of aromatic hydroxyl groups is 1. The van der Waals surface area contributed by atoms with E-state index in [2.05, 4.69) is 15.9 Å². The van der Waals surface area contributed by atoms with Crippen molar-refractivity contribution >= 4 is 21.9 Å². The van der Waals surface area contributed by atoms with Crippen molar-refractivity contribution in [3.63, 3.8) is 0 Å². The highest BCUT2D eigenvalue weighted by Crippen LogP contribution is 2.38. The number of carboxylic acids is 1. The number of hydrogen-bond acceptors (Lipinski definition) is 2. The van der Waals surface area contributed by atoms with Gasteiger partial charge in [0.05, 0.1) is 6.42 Å². The van der Waals surface area contributed by atoms with E-state index >= 15 is 0 Å². The molecule has 0 saturated carbocycles. The Morgan fingerprint density at radius 1 is 1.41 bits per heavy atom. The van der Waals surface area contributed by atoms with Gasteiger partial charge in [-0.1, -0.05) is 36.7 Å². The van der Waals surface area contributed by atoms with Gasteiger partial charge in [-0.15, -0.1) is 0 Å². The van der Waals surface area contributed by atoms with Gasteiger partial charge in [0.25, 0.3) is 0 Å². The zero-order valence-electron chi connectivity index (χ0n) is 10.2. The molecule has 0 fully saturated rings. The molecule has 0 aliphatic heterocycles. The first kappa shape index (κ1) is 14.0. The molecule has 2 N–H and O–H groups in total. The maximum atomic E-state index is 10.8. The van der Waals surface area contributed by atoms with Gasteiger partial charge in [0, 0.05) is 15.5 Å². The maximum Gasteiger partial charge on any atom is 0.304 e. The third kappa shape index (κ3) is 3.22. The number of benzene rings is 1. The van der Waals surface area contributed by atoms with Crippen molar-refractivity contribution in [1.82, 2.24) is 0 Å². The smallest absolute Gasteiger partial charge is 0.304 e. The van der Waals surface area contributed by atoms with Gasteiger partial charge in [0.15, 0.2) is 0 Å². The first-order valence-electron chi connectivity index (χ1n) is 5.51. The lowest BCUT2D eigenvalue weighted by Crippen LogP contribution is -2.22. The Morgan fingerprint density at radius 3 is 2.47 bits per heavy atom. The topological polar surface area (TPSA) is 57.5 Å². The second-order valence-electron chi connectivity index (χ2n) is 4.77. The van der Waals surface area contributed by atoms with Crippen LogP contribution < -0.4 is 0 Å². The van der Waals surface area contributed by atoms with E-state index in [0.29, 0.717) is 12.0 Å². The summed E-state index contributed by atoms with van der Waals surface area (Å²) in [6.45, 7) is 5.60. The minimum atomic E-state index is -0.868. The number of aliphatic carboxylic acids is 1. The Bertz CT molecular complexity index is 439. The highest BCUT2D eigenvalue weighted by molar-refractivity contribution is 9.10. The van der Waals surface area contributed by atoms with Crippen LogP contribution in [0.3, 0.4) is 0 Å². The minimum Gasteiger partial charge on any atom is -0.507 e. The second-order valence-corrected chi connectivity index (χ2v) is 5.68. The van der Waals surface area contributed by atoms with Crippen LogP contribution in [0.1, 0.15) is 38.3 Å². The summed E-state index contributed by atoms with van der Waals surface area (Å²) in [5, 5.41) is 19.1. The average molecular weight is 301 g/mol. The third-order valence-electron chi connectivity index (χ3n) is 2.86. The molecule has 17 heavy (non-hydrogen) atoms.